The number of piperidine rings is 1. The van der Waals surface area contributed by atoms with E-state index in [1.54, 1.807) is 0 Å². The summed E-state index contributed by atoms with van der Waals surface area (Å²) in [5, 5.41) is 9.12. The van der Waals surface area contributed by atoms with E-state index in [1.807, 2.05) is 28.8 Å². The number of aliphatic carboxylic acids is 1. The van der Waals surface area contributed by atoms with Crippen LogP contribution < -0.4 is 5.56 Å². The van der Waals surface area contributed by atoms with Gasteiger partial charge in [0.15, 0.2) is 0 Å². The molecule has 2 aromatic rings. The molecule has 6 heteroatoms. The van der Waals surface area contributed by atoms with Crippen molar-refractivity contribution in [1.29, 1.82) is 0 Å². The van der Waals surface area contributed by atoms with Gasteiger partial charge < -0.3 is 9.67 Å². The van der Waals surface area contributed by atoms with E-state index in [4.69, 9.17) is 5.11 Å². The molecular formula is C26H35N3O3. The molecule has 0 spiro atoms. The second-order valence-electron chi connectivity index (χ2n) is 10.1. The first-order chi connectivity index (χ1) is 15.6. The van der Waals surface area contributed by atoms with E-state index in [1.165, 1.54) is 57.8 Å². The number of hydrogen-bond acceptors (Lipinski definition) is 4. The smallest absolute Gasteiger partial charge is 0.303 e. The minimum absolute atomic E-state index is 0.0635. The van der Waals surface area contributed by atoms with Crippen LogP contribution in [0.2, 0.25) is 0 Å². The number of carbonyl (C=O) groups is 1. The second kappa shape index (κ2) is 9.34. The summed E-state index contributed by atoms with van der Waals surface area (Å²) in [5.74, 6) is -0.892. The van der Waals surface area contributed by atoms with Crippen LogP contribution in [0, 0.1) is 0 Å². The van der Waals surface area contributed by atoms with Crippen LogP contribution in [0.1, 0.15) is 88.8 Å². The number of carboxylic acids is 1. The zero-order valence-corrected chi connectivity index (χ0v) is 18.9. The Kier molecular flexibility index (Phi) is 6.31. The summed E-state index contributed by atoms with van der Waals surface area (Å²) in [6.45, 7) is 0. The van der Waals surface area contributed by atoms with Crippen LogP contribution >= 0.6 is 0 Å². The van der Waals surface area contributed by atoms with E-state index in [0.29, 0.717) is 23.8 Å². The number of rotatable bonds is 5. The van der Waals surface area contributed by atoms with Gasteiger partial charge in [-0.05, 0) is 50.7 Å². The molecule has 2 bridgehead atoms. The Labute approximate surface area is 189 Å². The summed E-state index contributed by atoms with van der Waals surface area (Å²) >= 11 is 0. The number of para-hydroxylation sites is 2. The fourth-order valence-electron chi connectivity index (χ4n) is 6.68. The standard InChI is InChI=1S/C26H35N3O3/c30-25(31)15-14-23-26(32)29(24-11-7-6-10-22(24)27-23)21-16-19-12-13-20(17-21)28(19)18-8-4-2-1-3-5-9-18/h6-7,10-11,18-21H,1-5,8-9,12-17H2,(H,30,31)/t19-,20+,21?. The molecule has 0 radical (unpaired) electrons. The Balaban J connectivity index is 1.45. The minimum Gasteiger partial charge on any atom is -0.481 e. The maximum atomic E-state index is 13.5. The van der Waals surface area contributed by atoms with Gasteiger partial charge in [0.25, 0.3) is 5.56 Å². The average molecular weight is 438 g/mol. The summed E-state index contributed by atoms with van der Waals surface area (Å²) in [5.41, 5.74) is 1.98. The van der Waals surface area contributed by atoms with E-state index in [0.717, 1.165) is 23.9 Å². The van der Waals surface area contributed by atoms with Gasteiger partial charge in [-0.2, -0.15) is 0 Å². The Morgan fingerprint density at radius 3 is 2.25 bits per heavy atom. The highest BCUT2D eigenvalue weighted by molar-refractivity contribution is 5.75. The fourth-order valence-corrected chi connectivity index (χ4v) is 6.68. The third kappa shape index (κ3) is 4.21. The normalized spacial score (nSPS) is 27.3. The number of fused-ring (bicyclic) bond motifs is 3. The van der Waals surface area contributed by atoms with Gasteiger partial charge in [-0.15, -0.1) is 0 Å². The van der Waals surface area contributed by atoms with Crippen molar-refractivity contribution >= 4 is 17.0 Å². The molecule has 1 aromatic carbocycles. The summed E-state index contributed by atoms with van der Waals surface area (Å²) in [7, 11) is 0. The maximum Gasteiger partial charge on any atom is 0.303 e. The van der Waals surface area contributed by atoms with Crippen LogP contribution in [0.15, 0.2) is 29.1 Å². The summed E-state index contributed by atoms with van der Waals surface area (Å²) in [4.78, 5) is 32.0. The lowest BCUT2D eigenvalue weighted by Gasteiger charge is -2.45. The van der Waals surface area contributed by atoms with Crippen molar-refractivity contribution in [2.45, 2.75) is 108 Å². The van der Waals surface area contributed by atoms with Crippen molar-refractivity contribution in [3.63, 3.8) is 0 Å². The molecule has 3 fully saturated rings. The Morgan fingerprint density at radius 1 is 0.906 bits per heavy atom. The molecular weight excluding hydrogens is 402 g/mol. The lowest BCUT2D eigenvalue weighted by molar-refractivity contribution is -0.136. The Morgan fingerprint density at radius 2 is 1.56 bits per heavy atom. The van der Waals surface area contributed by atoms with Crippen LogP contribution in [-0.2, 0) is 11.2 Å². The largest absolute Gasteiger partial charge is 0.481 e. The number of aromatic nitrogens is 2. The van der Waals surface area contributed by atoms with Crippen LogP contribution in [-0.4, -0.2) is 43.7 Å². The molecule has 32 heavy (non-hydrogen) atoms. The molecule has 1 aromatic heterocycles. The van der Waals surface area contributed by atoms with Gasteiger partial charge in [0.05, 0.1) is 17.5 Å². The molecule has 3 aliphatic rings. The molecule has 3 heterocycles. The van der Waals surface area contributed by atoms with Crippen molar-refractivity contribution in [2.75, 3.05) is 0 Å². The highest BCUT2D eigenvalue weighted by atomic mass is 16.4. The predicted molar refractivity (Wildman–Crippen MR) is 125 cm³/mol. The Bertz CT molecular complexity index is 1010. The number of benzene rings is 1. The van der Waals surface area contributed by atoms with E-state index < -0.39 is 5.97 Å². The zero-order chi connectivity index (χ0) is 22.1. The highest BCUT2D eigenvalue weighted by Gasteiger charge is 2.44. The number of carboxylic acid groups (broad SMARTS) is 1. The lowest BCUT2D eigenvalue weighted by Crippen LogP contribution is -2.50. The topological polar surface area (TPSA) is 75.4 Å². The third-order valence-corrected chi connectivity index (χ3v) is 8.06. The van der Waals surface area contributed by atoms with E-state index in [-0.39, 0.29) is 24.4 Å². The molecule has 5 rings (SSSR count). The molecule has 2 saturated heterocycles. The molecule has 172 valence electrons. The molecule has 2 aliphatic heterocycles. The number of nitrogens with zero attached hydrogens (tertiary/aromatic N) is 3. The molecule has 1 aliphatic carbocycles. The molecule has 1 N–H and O–H groups in total. The van der Waals surface area contributed by atoms with E-state index in [2.05, 4.69) is 9.88 Å². The molecule has 1 saturated carbocycles. The number of aryl methyl sites for hydroxylation is 1. The summed E-state index contributed by atoms with van der Waals surface area (Å²) in [6.07, 6.45) is 14.1. The van der Waals surface area contributed by atoms with Crippen LogP contribution in [0.25, 0.3) is 11.0 Å². The first-order valence-electron chi connectivity index (χ1n) is 12.6. The predicted octanol–water partition coefficient (Wildman–Crippen LogP) is 4.69. The SMILES string of the molecule is O=C(O)CCc1nc2ccccc2n(C2C[C@H]3CC[C@@H](C2)N3C2CCCCCCC2)c1=O. The van der Waals surface area contributed by atoms with Crippen molar-refractivity contribution in [2.24, 2.45) is 0 Å². The van der Waals surface area contributed by atoms with Crippen molar-refractivity contribution in [3.05, 3.63) is 40.3 Å². The van der Waals surface area contributed by atoms with Gasteiger partial charge in [-0.3, -0.25) is 14.5 Å². The maximum absolute atomic E-state index is 13.5. The van der Waals surface area contributed by atoms with Crippen LogP contribution in [0.4, 0.5) is 0 Å². The van der Waals surface area contributed by atoms with Crippen LogP contribution in [0.5, 0.6) is 0 Å². The molecule has 1 unspecified atom stereocenters. The average Bonchev–Trinajstić information content (AvgIpc) is 3.01. The van der Waals surface area contributed by atoms with Crippen LogP contribution in [0.3, 0.4) is 0 Å². The van der Waals surface area contributed by atoms with Gasteiger partial charge in [0.2, 0.25) is 0 Å². The first-order valence-corrected chi connectivity index (χ1v) is 12.6. The highest BCUT2D eigenvalue weighted by Crippen LogP contribution is 2.44. The minimum atomic E-state index is -0.892. The Hall–Kier alpha value is -2.21. The molecule has 3 atom stereocenters. The number of hydrogen-bond donors (Lipinski definition) is 1. The van der Waals surface area contributed by atoms with Gasteiger partial charge >= 0.3 is 5.97 Å². The monoisotopic (exact) mass is 437 g/mol. The van der Waals surface area contributed by atoms with Gasteiger partial charge in [-0.1, -0.05) is 44.2 Å². The van der Waals surface area contributed by atoms with E-state index >= 15 is 0 Å². The van der Waals surface area contributed by atoms with Crippen molar-refractivity contribution in [3.8, 4) is 0 Å². The van der Waals surface area contributed by atoms with Gasteiger partial charge in [0, 0.05) is 30.6 Å². The molecule has 0 amide bonds. The first kappa shape index (κ1) is 21.6. The van der Waals surface area contributed by atoms with Crippen molar-refractivity contribution in [1.82, 2.24) is 14.5 Å². The summed E-state index contributed by atoms with van der Waals surface area (Å²) in [6, 6.07) is 9.84. The third-order valence-electron chi connectivity index (χ3n) is 8.06. The summed E-state index contributed by atoms with van der Waals surface area (Å²) < 4.78 is 1.97. The fraction of sp³-hybridized carbons (Fsp3) is 0.654. The second-order valence-corrected chi connectivity index (χ2v) is 10.1. The zero-order valence-electron chi connectivity index (χ0n) is 18.9. The van der Waals surface area contributed by atoms with E-state index in [9.17, 15) is 9.59 Å². The van der Waals surface area contributed by atoms with Gasteiger partial charge in [-0.25, -0.2) is 4.98 Å². The lowest BCUT2D eigenvalue weighted by atomic mass is 9.89. The molecule has 6 nitrogen and oxygen atoms in total. The van der Waals surface area contributed by atoms with Crippen molar-refractivity contribution < 1.29 is 9.90 Å². The van der Waals surface area contributed by atoms with Gasteiger partial charge in [0.1, 0.15) is 5.69 Å². The quantitative estimate of drug-likeness (QED) is 0.734.